The zero-order valence-corrected chi connectivity index (χ0v) is 11.3. The van der Waals surface area contributed by atoms with Crippen LogP contribution in [0, 0.1) is 0 Å². The summed E-state index contributed by atoms with van der Waals surface area (Å²) in [6, 6.07) is 15.6. The van der Waals surface area contributed by atoms with E-state index in [0.29, 0.717) is 6.42 Å². The van der Waals surface area contributed by atoms with Crippen LogP contribution in [0.3, 0.4) is 0 Å². The fraction of sp³-hybridized carbons (Fsp3) is 0.316. The molecular formula is C19H18O. The normalized spacial score (nSPS) is 33.1. The van der Waals surface area contributed by atoms with Gasteiger partial charge in [0.05, 0.1) is 5.41 Å². The van der Waals surface area contributed by atoms with Crippen LogP contribution in [0.1, 0.15) is 44.3 Å². The van der Waals surface area contributed by atoms with Gasteiger partial charge in [0.25, 0.3) is 0 Å². The summed E-state index contributed by atoms with van der Waals surface area (Å²) in [4.78, 5) is 12.9. The highest BCUT2D eigenvalue weighted by Gasteiger charge is 2.47. The van der Waals surface area contributed by atoms with Crippen molar-refractivity contribution in [2.24, 2.45) is 0 Å². The Morgan fingerprint density at radius 2 is 1.45 bits per heavy atom. The second kappa shape index (κ2) is 4.31. The highest BCUT2D eigenvalue weighted by Crippen LogP contribution is 2.48. The minimum absolute atomic E-state index is 0.244. The summed E-state index contributed by atoms with van der Waals surface area (Å²) >= 11 is 0. The van der Waals surface area contributed by atoms with E-state index in [0.717, 1.165) is 35.1 Å². The number of hydrogen-bond donors (Lipinski definition) is 0. The largest absolute Gasteiger partial charge is 0.298 e. The van der Waals surface area contributed by atoms with Crippen molar-refractivity contribution < 1.29 is 7.54 Å². The van der Waals surface area contributed by atoms with Crippen molar-refractivity contribution in [2.45, 2.75) is 37.5 Å². The van der Waals surface area contributed by atoms with Gasteiger partial charge < -0.3 is 0 Å². The average molecular weight is 266 g/mol. The van der Waals surface area contributed by atoms with Gasteiger partial charge in [0, 0.05) is 9.16 Å². The van der Waals surface area contributed by atoms with Crippen LogP contribution >= 0.6 is 0 Å². The second-order valence-corrected chi connectivity index (χ2v) is 5.69. The molecule has 2 aromatic rings. The monoisotopic (exact) mass is 266 g/mol. The summed E-state index contributed by atoms with van der Waals surface area (Å²) in [5.41, 5.74) is 2.96. The fourth-order valence-electron chi connectivity index (χ4n) is 3.82. The molecule has 1 nitrogen and oxygen atoms in total. The number of fused-ring (bicyclic) bond motifs is 4. The van der Waals surface area contributed by atoms with Crippen molar-refractivity contribution in [3.05, 3.63) is 70.8 Å². The predicted molar refractivity (Wildman–Crippen MR) is 79.9 cm³/mol. The first-order valence-corrected chi connectivity index (χ1v) is 7.23. The molecule has 4 rings (SSSR count). The van der Waals surface area contributed by atoms with Crippen molar-refractivity contribution in [1.29, 1.82) is 0 Å². The summed E-state index contributed by atoms with van der Waals surface area (Å²) < 4.78 is 17.1. The van der Waals surface area contributed by atoms with Crippen LogP contribution in [0.25, 0.3) is 0 Å². The molecule has 0 bridgehead atoms. The Balaban J connectivity index is 2.12. The van der Waals surface area contributed by atoms with Crippen LogP contribution in [0.2, 0.25) is 0 Å². The van der Waals surface area contributed by atoms with Crippen molar-refractivity contribution in [1.82, 2.24) is 0 Å². The van der Waals surface area contributed by atoms with Gasteiger partial charge in [-0.25, -0.2) is 0 Å². The predicted octanol–water partition coefficient (Wildman–Crippen LogP) is 3.82. The first-order valence-electron chi connectivity index (χ1n) is 8.38. The summed E-state index contributed by atoms with van der Waals surface area (Å²) in [6.45, 7) is 0. The molecule has 0 N–H and O–H groups in total. The molecule has 2 aromatic carbocycles. The first-order chi connectivity index (χ1) is 10.7. The molecule has 1 fully saturated rings. The molecule has 0 saturated heterocycles. The smallest absolute Gasteiger partial charge is 0.147 e. The van der Waals surface area contributed by atoms with Gasteiger partial charge in [0.2, 0.25) is 0 Å². The van der Waals surface area contributed by atoms with Gasteiger partial charge in [0.1, 0.15) is 5.78 Å². The van der Waals surface area contributed by atoms with E-state index in [1.807, 2.05) is 48.5 Å². The highest BCUT2D eigenvalue weighted by molar-refractivity contribution is 5.96. The minimum Gasteiger partial charge on any atom is -0.298 e. The summed E-state index contributed by atoms with van der Waals surface area (Å²) in [5, 5.41) is 0. The molecule has 2 atom stereocenters. The zero-order valence-electron chi connectivity index (χ0n) is 13.3. The van der Waals surface area contributed by atoms with Crippen molar-refractivity contribution >= 4 is 5.78 Å². The number of carbonyl (C=O) groups excluding carboxylic acids is 1. The Labute approximate surface area is 122 Å². The van der Waals surface area contributed by atoms with E-state index in [2.05, 4.69) is 0 Å². The fourth-order valence-corrected chi connectivity index (χ4v) is 3.82. The Kier molecular flexibility index (Phi) is 2.14. The number of aryl methyl sites for hydroxylation is 2. The van der Waals surface area contributed by atoms with Crippen LogP contribution in [-0.2, 0) is 23.0 Å². The van der Waals surface area contributed by atoms with Crippen LogP contribution in [0.4, 0.5) is 0 Å². The Morgan fingerprint density at radius 3 is 1.95 bits per heavy atom. The molecule has 0 heterocycles. The number of ketones is 1. The van der Waals surface area contributed by atoms with Crippen LogP contribution < -0.4 is 0 Å². The van der Waals surface area contributed by atoms with Gasteiger partial charge in [0.15, 0.2) is 0 Å². The quantitative estimate of drug-likeness (QED) is 0.708. The lowest BCUT2D eigenvalue weighted by Gasteiger charge is -2.30. The van der Waals surface area contributed by atoms with Crippen molar-refractivity contribution in [2.75, 3.05) is 0 Å². The van der Waals surface area contributed by atoms with Gasteiger partial charge in [-0.3, -0.25) is 4.79 Å². The van der Waals surface area contributed by atoms with Gasteiger partial charge >= 0.3 is 0 Å². The van der Waals surface area contributed by atoms with Crippen LogP contribution in [0.15, 0.2) is 48.5 Å². The maximum absolute atomic E-state index is 12.9. The zero-order chi connectivity index (χ0) is 15.3. The molecule has 2 unspecified atom stereocenters. The van der Waals surface area contributed by atoms with E-state index in [1.165, 1.54) is 0 Å². The minimum atomic E-state index is -0.648. The maximum atomic E-state index is 12.9. The van der Waals surface area contributed by atoms with Crippen LogP contribution in [-0.4, -0.2) is 5.78 Å². The molecule has 100 valence electrons. The van der Waals surface area contributed by atoms with E-state index in [4.69, 9.17) is 2.74 Å². The number of hydrogen-bond acceptors (Lipinski definition) is 1. The molecule has 2 aliphatic carbocycles. The molecule has 1 heteroatoms. The lowest BCUT2D eigenvalue weighted by molar-refractivity contribution is -0.121. The number of Topliss-reactive ketones (excluding diaryl/α,β-unsaturated/α-hetero) is 1. The summed E-state index contributed by atoms with van der Waals surface area (Å²) in [7, 11) is 0. The third-order valence-corrected chi connectivity index (χ3v) is 4.72. The number of carbonyl (C=O) groups is 1. The standard InChI is InChI=1S/C19H18O/c20-18-10-5-13-19(18)16-8-3-1-6-14(16)11-12-15-7-2-4-9-17(15)19/h1-4,6-9H,5,10-13H2/i11T,12T. The summed E-state index contributed by atoms with van der Waals surface area (Å²) in [6.07, 6.45) is 0.968. The van der Waals surface area contributed by atoms with Crippen LogP contribution in [0.5, 0.6) is 0 Å². The molecule has 1 spiro atoms. The summed E-state index contributed by atoms with van der Waals surface area (Å²) in [5.74, 6) is 0.244. The first kappa shape index (κ1) is 9.93. The topological polar surface area (TPSA) is 17.1 Å². The lowest BCUT2D eigenvalue weighted by atomic mass is 9.70. The maximum Gasteiger partial charge on any atom is 0.147 e. The molecule has 0 amide bonds. The van der Waals surface area contributed by atoms with Crippen molar-refractivity contribution in [3.8, 4) is 0 Å². The number of rotatable bonds is 0. The molecule has 0 radical (unpaired) electrons. The van der Waals surface area contributed by atoms with E-state index >= 15 is 0 Å². The Morgan fingerprint density at radius 1 is 0.900 bits per heavy atom. The Bertz CT molecular complexity index is 701. The number of benzene rings is 2. The Hall–Kier alpha value is -1.89. The van der Waals surface area contributed by atoms with Crippen molar-refractivity contribution in [3.63, 3.8) is 0 Å². The van der Waals surface area contributed by atoms with E-state index in [1.54, 1.807) is 0 Å². The SMILES string of the molecule is [3H]C1c2ccccc2C2(CCCC2=O)c2ccccc2C1[3H]. The average Bonchev–Trinajstić information content (AvgIpc) is 2.92. The van der Waals surface area contributed by atoms with Gasteiger partial charge in [-0.2, -0.15) is 0 Å². The molecule has 1 saturated carbocycles. The van der Waals surface area contributed by atoms with Gasteiger partial charge in [-0.05, 0) is 47.9 Å². The molecule has 2 aliphatic rings. The molecule has 0 aliphatic heterocycles. The third-order valence-electron chi connectivity index (χ3n) is 4.72. The molecule has 0 aromatic heterocycles. The molecule has 20 heavy (non-hydrogen) atoms. The lowest BCUT2D eigenvalue weighted by Crippen LogP contribution is -2.33. The third kappa shape index (κ3) is 1.46. The van der Waals surface area contributed by atoms with Gasteiger partial charge in [-0.15, -0.1) is 0 Å². The highest BCUT2D eigenvalue weighted by atomic mass is 16.1. The van der Waals surface area contributed by atoms with Gasteiger partial charge in [-0.1, -0.05) is 48.5 Å². The van der Waals surface area contributed by atoms with E-state index < -0.39 is 18.2 Å². The second-order valence-electron chi connectivity index (χ2n) is 5.69. The van der Waals surface area contributed by atoms with E-state index in [-0.39, 0.29) is 5.78 Å². The van der Waals surface area contributed by atoms with E-state index in [9.17, 15) is 4.79 Å². The molecular weight excluding hydrogens is 244 g/mol.